The van der Waals surface area contributed by atoms with Crippen molar-refractivity contribution in [3.63, 3.8) is 0 Å². The molecule has 0 bridgehead atoms. The van der Waals surface area contributed by atoms with Crippen LogP contribution in [0, 0.1) is 6.92 Å². The fourth-order valence-corrected chi connectivity index (χ4v) is 1.03. The van der Waals surface area contributed by atoms with Gasteiger partial charge in [0.2, 0.25) is 0 Å². The summed E-state index contributed by atoms with van der Waals surface area (Å²) in [5, 5.41) is 12.2. The van der Waals surface area contributed by atoms with Gasteiger partial charge in [0.1, 0.15) is 0 Å². The zero-order chi connectivity index (χ0) is 10.7. The van der Waals surface area contributed by atoms with E-state index in [1.165, 1.54) is 6.20 Å². The van der Waals surface area contributed by atoms with Gasteiger partial charge in [-0.15, -0.1) is 0 Å². The summed E-state index contributed by atoms with van der Waals surface area (Å²) in [5.41, 5.74) is 8.29. The van der Waals surface area contributed by atoms with Crippen molar-refractivity contribution in [2.75, 3.05) is 0 Å². The number of nitrogens with zero attached hydrogens (tertiary/aromatic N) is 4. The molecule has 1 aromatic rings. The summed E-state index contributed by atoms with van der Waals surface area (Å²) in [6.45, 7) is 1.56. The van der Waals surface area contributed by atoms with Crippen LogP contribution in [0.2, 0.25) is 5.02 Å². The van der Waals surface area contributed by atoms with E-state index in [9.17, 15) is 4.79 Å². The molecular formula is C7H5ClN4O2. The van der Waals surface area contributed by atoms with Crippen LogP contribution in [0.1, 0.15) is 16.1 Å². The summed E-state index contributed by atoms with van der Waals surface area (Å²) in [6, 6.07) is 0. The Morgan fingerprint density at radius 1 is 1.79 bits per heavy atom. The summed E-state index contributed by atoms with van der Waals surface area (Å²) in [4.78, 5) is 16.7. The molecule has 1 heterocycles. The molecular weight excluding hydrogens is 208 g/mol. The fraction of sp³-hybridized carbons (Fsp3) is 0.143. The van der Waals surface area contributed by atoms with Crippen molar-refractivity contribution in [2.24, 2.45) is 5.11 Å². The van der Waals surface area contributed by atoms with Crippen LogP contribution in [-0.4, -0.2) is 16.1 Å². The third-order valence-corrected chi connectivity index (χ3v) is 1.97. The predicted molar refractivity (Wildman–Crippen MR) is 49.7 cm³/mol. The maximum Gasteiger partial charge on any atom is 0.354 e. The maximum absolute atomic E-state index is 10.7. The second kappa shape index (κ2) is 3.95. The van der Waals surface area contributed by atoms with Crippen molar-refractivity contribution >= 4 is 23.3 Å². The van der Waals surface area contributed by atoms with Gasteiger partial charge in [0.05, 0.1) is 10.7 Å². The van der Waals surface area contributed by atoms with Crippen LogP contribution in [0.15, 0.2) is 11.3 Å². The molecule has 0 unspecified atom stereocenters. The minimum Gasteiger partial charge on any atom is -0.477 e. The lowest BCUT2D eigenvalue weighted by Crippen LogP contribution is -2.01. The standard InChI is InChI=1S/C7H5ClN4O2/c1-3-4(8)2-10-6(7(13)14)5(3)11-12-9/h2H,1H3,(H,13,14). The highest BCUT2D eigenvalue weighted by Gasteiger charge is 2.14. The van der Waals surface area contributed by atoms with Crippen molar-refractivity contribution in [3.05, 3.63) is 32.9 Å². The number of carboxylic acids is 1. The molecule has 14 heavy (non-hydrogen) atoms. The molecule has 0 aliphatic carbocycles. The third-order valence-electron chi connectivity index (χ3n) is 1.59. The Balaban J connectivity index is 3.52. The summed E-state index contributed by atoms with van der Waals surface area (Å²) < 4.78 is 0. The lowest BCUT2D eigenvalue weighted by atomic mass is 10.2. The number of aromatic carboxylic acids is 1. The van der Waals surface area contributed by atoms with Gasteiger partial charge >= 0.3 is 5.97 Å². The van der Waals surface area contributed by atoms with Crippen molar-refractivity contribution in [1.29, 1.82) is 0 Å². The SMILES string of the molecule is Cc1c(Cl)cnc(C(=O)O)c1N=[N+]=[N-]. The van der Waals surface area contributed by atoms with Crippen LogP contribution < -0.4 is 0 Å². The van der Waals surface area contributed by atoms with E-state index in [4.69, 9.17) is 22.2 Å². The van der Waals surface area contributed by atoms with Crippen LogP contribution >= 0.6 is 11.6 Å². The molecule has 72 valence electrons. The van der Waals surface area contributed by atoms with Crippen LogP contribution in [-0.2, 0) is 0 Å². The molecule has 0 atom stereocenters. The molecule has 1 aromatic heterocycles. The highest BCUT2D eigenvalue weighted by molar-refractivity contribution is 6.31. The van der Waals surface area contributed by atoms with Gasteiger partial charge in [-0.3, -0.25) is 0 Å². The Kier molecular flexibility index (Phi) is 2.91. The highest BCUT2D eigenvalue weighted by Crippen LogP contribution is 2.28. The summed E-state index contributed by atoms with van der Waals surface area (Å²) in [7, 11) is 0. The molecule has 6 nitrogen and oxygen atoms in total. The predicted octanol–water partition coefficient (Wildman–Crippen LogP) is 2.68. The normalized spacial score (nSPS) is 9.29. The highest BCUT2D eigenvalue weighted by atomic mass is 35.5. The van der Waals surface area contributed by atoms with Crippen LogP contribution in [0.25, 0.3) is 10.4 Å². The molecule has 7 heteroatoms. The maximum atomic E-state index is 10.7. The van der Waals surface area contributed by atoms with Gasteiger partial charge < -0.3 is 5.11 Å². The first-order valence-electron chi connectivity index (χ1n) is 3.51. The second-order valence-electron chi connectivity index (χ2n) is 2.42. The van der Waals surface area contributed by atoms with Gasteiger partial charge in [-0.2, -0.15) is 0 Å². The molecule has 1 rings (SSSR count). The number of hydrogen-bond acceptors (Lipinski definition) is 3. The van der Waals surface area contributed by atoms with Crippen molar-refractivity contribution < 1.29 is 9.90 Å². The van der Waals surface area contributed by atoms with Crippen LogP contribution in [0.5, 0.6) is 0 Å². The lowest BCUT2D eigenvalue weighted by molar-refractivity contribution is 0.0691. The van der Waals surface area contributed by atoms with Crippen LogP contribution in [0.4, 0.5) is 5.69 Å². The van der Waals surface area contributed by atoms with E-state index in [0.717, 1.165) is 0 Å². The van der Waals surface area contributed by atoms with E-state index in [0.29, 0.717) is 5.56 Å². The topological polar surface area (TPSA) is 99.0 Å². The largest absolute Gasteiger partial charge is 0.477 e. The van der Waals surface area contributed by atoms with Crippen LogP contribution in [0.3, 0.4) is 0 Å². The fourth-order valence-electron chi connectivity index (χ4n) is 0.893. The minimum absolute atomic E-state index is 0.0486. The van der Waals surface area contributed by atoms with Crippen molar-refractivity contribution in [3.8, 4) is 0 Å². The number of carboxylic acid groups (broad SMARTS) is 1. The smallest absolute Gasteiger partial charge is 0.354 e. The Labute approximate surface area is 83.8 Å². The molecule has 0 spiro atoms. The zero-order valence-electron chi connectivity index (χ0n) is 7.10. The van der Waals surface area contributed by atoms with E-state index >= 15 is 0 Å². The Morgan fingerprint density at radius 2 is 2.43 bits per heavy atom. The quantitative estimate of drug-likeness (QED) is 0.463. The molecule has 0 aliphatic rings. The number of carbonyl (C=O) groups is 1. The van der Waals surface area contributed by atoms with Gasteiger partial charge in [-0.1, -0.05) is 16.7 Å². The number of hydrogen-bond donors (Lipinski definition) is 1. The molecule has 0 amide bonds. The number of halogens is 1. The number of azide groups is 1. The molecule has 0 fully saturated rings. The number of rotatable bonds is 2. The first-order chi connectivity index (χ1) is 6.57. The van der Waals surface area contributed by atoms with Gasteiger partial charge in [0, 0.05) is 11.1 Å². The first kappa shape index (κ1) is 10.3. The van der Waals surface area contributed by atoms with Gasteiger partial charge in [-0.05, 0) is 18.0 Å². The van der Waals surface area contributed by atoms with E-state index in [2.05, 4.69) is 15.0 Å². The molecule has 1 N–H and O–H groups in total. The first-order valence-corrected chi connectivity index (χ1v) is 3.89. The third kappa shape index (κ3) is 1.76. The second-order valence-corrected chi connectivity index (χ2v) is 2.83. The van der Waals surface area contributed by atoms with E-state index < -0.39 is 5.97 Å². The summed E-state index contributed by atoms with van der Waals surface area (Å²) >= 11 is 5.69. The van der Waals surface area contributed by atoms with Crippen molar-refractivity contribution in [1.82, 2.24) is 4.98 Å². The van der Waals surface area contributed by atoms with E-state index in [1.807, 2.05) is 0 Å². The Hall–Kier alpha value is -1.78. The van der Waals surface area contributed by atoms with E-state index in [1.54, 1.807) is 6.92 Å². The Bertz CT molecular complexity index is 440. The monoisotopic (exact) mass is 212 g/mol. The Morgan fingerprint density at radius 3 is 2.93 bits per heavy atom. The van der Waals surface area contributed by atoms with Gasteiger partial charge in [0.25, 0.3) is 0 Å². The zero-order valence-corrected chi connectivity index (χ0v) is 7.86. The lowest BCUT2D eigenvalue weighted by Gasteiger charge is -2.04. The number of aromatic nitrogens is 1. The van der Waals surface area contributed by atoms with E-state index in [-0.39, 0.29) is 16.4 Å². The number of pyridine rings is 1. The minimum atomic E-state index is -1.26. The molecule has 0 aliphatic heterocycles. The summed E-state index contributed by atoms with van der Waals surface area (Å²) in [5.74, 6) is -1.26. The van der Waals surface area contributed by atoms with Crippen molar-refractivity contribution in [2.45, 2.75) is 6.92 Å². The molecule has 0 saturated carbocycles. The average Bonchev–Trinajstić information content (AvgIpc) is 2.13. The molecule has 0 aromatic carbocycles. The van der Waals surface area contributed by atoms with Gasteiger partial charge in [-0.25, -0.2) is 9.78 Å². The summed E-state index contributed by atoms with van der Waals surface area (Å²) in [6.07, 6.45) is 1.21. The molecule has 0 radical (unpaired) electrons. The molecule has 0 saturated heterocycles. The average molecular weight is 213 g/mol. The van der Waals surface area contributed by atoms with Gasteiger partial charge in [0.15, 0.2) is 5.69 Å².